The van der Waals surface area contributed by atoms with Crippen LogP contribution in [0.4, 0.5) is 4.39 Å². The average Bonchev–Trinajstić information content (AvgIpc) is 2.37. The molecule has 0 unspecified atom stereocenters. The molecule has 1 N–H and O–H groups in total. The summed E-state index contributed by atoms with van der Waals surface area (Å²) in [5.74, 6) is -1.45. The molecule has 5 nitrogen and oxygen atoms in total. The van der Waals surface area contributed by atoms with Gasteiger partial charge in [0.2, 0.25) is 0 Å². The van der Waals surface area contributed by atoms with Gasteiger partial charge in [-0.2, -0.15) is 0 Å². The number of hydrogen-bond donors (Lipinski definition) is 1. The highest BCUT2D eigenvalue weighted by atomic mass is 35.5. The molecule has 1 aromatic carbocycles. The fourth-order valence-electron chi connectivity index (χ4n) is 1.33. The van der Waals surface area contributed by atoms with Crippen molar-refractivity contribution in [3.05, 3.63) is 29.0 Å². The Morgan fingerprint density at radius 2 is 2.15 bits per heavy atom. The van der Waals surface area contributed by atoms with Crippen LogP contribution in [-0.2, 0) is 14.3 Å². The summed E-state index contributed by atoms with van der Waals surface area (Å²) in [4.78, 5) is 22.8. The fraction of sp³-hybridized carbons (Fsp3) is 0.385. The first-order valence-electron chi connectivity index (χ1n) is 5.99. The molecule has 1 amide bonds. The molecule has 1 rings (SSSR count). The van der Waals surface area contributed by atoms with E-state index in [4.69, 9.17) is 21.1 Å². The first kappa shape index (κ1) is 16.2. The van der Waals surface area contributed by atoms with Crippen molar-refractivity contribution in [3.63, 3.8) is 0 Å². The Morgan fingerprint density at radius 1 is 1.45 bits per heavy atom. The average molecular weight is 304 g/mol. The van der Waals surface area contributed by atoms with Crippen molar-refractivity contribution >= 4 is 23.5 Å². The normalized spacial score (nSPS) is 11.6. The number of likely N-dealkylation sites (N-methyl/N-ethyl adjacent to an activating group) is 1. The number of rotatable bonds is 6. The molecule has 7 heteroatoms. The van der Waals surface area contributed by atoms with Crippen molar-refractivity contribution in [1.29, 1.82) is 0 Å². The van der Waals surface area contributed by atoms with Crippen LogP contribution in [0.15, 0.2) is 18.2 Å². The highest BCUT2D eigenvalue weighted by Crippen LogP contribution is 2.24. The second-order valence-electron chi connectivity index (χ2n) is 3.89. The zero-order valence-corrected chi connectivity index (χ0v) is 11.9. The zero-order chi connectivity index (χ0) is 15.1. The van der Waals surface area contributed by atoms with E-state index >= 15 is 0 Å². The third-order valence-corrected chi connectivity index (χ3v) is 2.56. The smallest absolute Gasteiger partial charge is 0.344 e. The minimum absolute atomic E-state index is 0.0505. The van der Waals surface area contributed by atoms with Crippen LogP contribution in [0, 0.1) is 5.82 Å². The second kappa shape index (κ2) is 7.69. The SMILES string of the molecule is CCNC(=O)[C@H](C)OC(=O)COc1ccc(F)cc1Cl. The highest BCUT2D eigenvalue weighted by molar-refractivity contribution is 6.32. The van der Waals surface area contributed by atoms with Gasteiger partial charge in [-0.3, -0.25) is 4.79 Å². The molecule has 0 bridgehead atoms. The molecule has 0 spiro atoms. The molecular formula is C13H15ClFNO4. The number of amides is 1. The molecule has 0 aromatic heterocycles. The summed E-state index contributed by atoms with van der Waals surface area (Å²) in [6.07, 6.45) is -0.908. The van der Waals surface area contributed by atoms with Crippen LogP contribution in [0.25, 0.3) is 0 Å². The Bertz CT molecular complexity index is 495. The molecule has 110 valence electrons. The predicted octanol–water partition coefficient (Wildman–Crippen LogP) is 1.93. The molecule has 0 aliphatic carbocycles. The quantitative estimate of drug-likeness (QED) is 0.816. The van der Waals surface area contributed by atoms with Gasteiger partial charge in [0, 0.05) is 6.54 Å². The van der Waals surface area contributed by atoms with Crippen molar-refractivity contribution in [1.82, 2.24) is 5.32 Å². The van der Waals surface area contributed by atoms with E-state index in [1.807, 2.05) is 0 Å². The summed E-state index contributed by atoms with van der Waals surface area (Å²) in [6, 6.07) is 3.53. The molecule has 0 aliphatic heterocycles. The van der Waals surface area contributed by atoms with Gasteiger partial charge in [0.15, 0.2) is 12.7 Å². The van der Waals surface area contributed by atoms with E-state index in [1.54, 1.807) is 6.92 Å². The Labute approximate surface area is 121 Å². The van der Waals surface area contributed by atoms with Gasteiger partial charge in [0.25, 0.3) is 5.91 Å². The monoisotopic (exact) mass is 303 g/mol. The van der Waals surface area contributed by atoms with E-state index in [0.29, 0.717) is 6.54 Å². The summed E-state index contributed by atoms with van der Waals surface area (Å²) in [5, 5.41) is 2.57. The number of carbonyl (C=O) groups excluding carboxylic acids is 2. The van der Waals surface area contributed by atoms with E-state index in [-0.39, 0.29) is 16.7 Å². The number of nitrogens with one attached hydrogen (secondary N) is 1. The van der Waals surface area contributed by atoms with Gasteiger partial charge in [-0.1, -0.05) is 11.6 Å². The molecular weight excluding hydrogens is 289 g/mol. The number of carbonyl (C=O) groups is 2. The van der Waals surface area contributed by atoms with E-state index < -0.39 is 24.5 Å². The van der Waals surface area contributed by atoms with Crippen molar-refractivity contribution in [2.45, 2.75) is 20.0 Å². The summed E-state index contributed by atoms with van der Waals surface area (Å²) >= 11 is 5.73. The summed E-state index contributed by atoms with van der Waals surface area (Å²) < 4.78 is 22.7. The molecule has 1 atom stereocenters. The van der Waals surface area contributed by atoms with E-state index in [1.165, 1.54) is 13.0 Å². The molecule has 0 aliphatic rings. The van der Waals surface area contributed by atoms with Crippen molar-refractivity contribution in [3.8, 4) is 5.75 Å². The van der Waals surface area contributed by atoms with Gasteiger partial charge < -0.3 is 14.8 Å². The summed E-state index contributed by atoms with van der Waals surface area (Å²) in [7, 11) is 0. The summed E-state index contributed by atoms with van der Waals surface area (Å²) in [6.45, 7) is 3.23. The Morgan fingerprint density at radius 3 is 2.75 bits per heavy atom. The van der Waals surface area contributed by atoms with Crippen LogP contribution < -0.4 is 10.1 Å². The lowest BCUT2D eigenvalue weighted by molar-refractivity contribution is -0.156. The van der Waals surface area contributed by atoms with Gasteiger partial charge in [-0.25, -0.2) is 9.18 Å². The molecule has 0 heterocycles. The lowest BCUT2D eigenvalue weighted by Crippen LogP contribution is -2.36. The third kappa shape index (κ3) is 5.05. The van der Waals surface area contributed by atoms with Gasteiger partial charge >= 0.3 is 5.97 Å². The van der Waals surface area contributed by atoms with Gasteiger partial charge in [-0.15, -0.1) is 0 Å². The van der Waals surface area contributed by atoms with Crippen LogP contribution >= 0.6 is 11.6 Å². The van der Waals surface area contributed by atoms with E-state index in [9.17, 15) is 14.0 Å². The number of ether oxygens (including phenoxy) is 2. The Kier molecular flexibility index (Phi) is 6.24. The lowest BCUT2D eigenvalue weighted by Gasteiger charge is -2.13. The molecule has 1 aromatic rings. The Hall–Kier alpha value is -1.82. The second-order valence-corrected chi connectivity index (χ2v) is 4.30. The maximum atomic E-state index is 12.8. The maximum absolute atomic E-state index is 12.8. The van der Waals surface area contributed by atoms with Crippen LogP contribution in [0.3, 0.4) is 0 Å². The van der Waals surface area contributed by atoms with E-state index in [2.05, 4.69) is 5.32 Å². The fourth-order valence-corrected chi connectivity index (χ4v) is 1.55. The van der Waals surface area contributed by atoms with Gasteiger partial charge in [0.05, 0.1) is 5.02 Å². The predicted molar refractivity (Wildman–Crippen MR) is 71.1 cm³/mol. The largest absolute Gasteiger partial charge is 0.480 e. The zero-order valence-electron chi connectivity index (χ0n) is 11.1. The third-order valence-electron chi connectivity index (χ3n) is 2.27. The number of halogens is 2. The number of hydrogen-bond acceptors (Lipinski definition) is 4. The minimum Gasteiger partial charge on any atom is -0.480 e. The lowest BCUT2D eigenvalue weighted by atomic mass is 10.3. The Balaban J connectivity index is 2.45. The van der Waals surface area contributed by atoms with Crippen molar-refractivity contribution in [2.24, 2.45) is 0 Å². The topological polar surface area (TPSA) is 64.6 Å². The minimum atomic E-state index is -0.908. The van der Waals surface area contributed by atoms with Crippen LogP contribution in [-0.4, -0.2) is 31.1 Å². The van der Waals surface area contributed by atoms with E-state index in [0.717, 1.165) is 12.1 Å². The van der Waals surface area contributed by atoms with Crippen LogP contribution in [0.2, 0.25) is 5.02 Å². The van der Waals surface area contributed by atoms with Crippen molar-refractivity contribution in [2.75, 3.05) is 13.2 Å². The number of esters is 1. The van der Waals surface area contributed by atoms with Gasteiger partial charge in [-0.05, 0) is 32.0 Å². The maximum Gasteiger partial charge on any atom is 0.344 e. The number of benzene rings is 1. The molecule has 20 heavy (non-hydrogen) atoms. The first-order chi connectivity index (χ1) is 9.43. The van der Waals surface area contributed by atoms with Crippen LogP contribution in [0.1, 0.15) is 13.8 Å². The molecule has 0 radical (unpaired) electrons. The molecule has 0 saturated carbocycles. The molecule has 0 fully saturated rings. The highest BCUT2D eigenvalue weighted by Gasteiger charge is 2.17. The van der Waals surface area contributed by atoms with Gasteiger partial charge in [0.1, 0.15) is 11.6 Å². The first-order valence-corrected chi connectivity index (χ1v) is 6.37. The molecule has 0 saturated heterocycles. The standard InChI is InChI=1S/C13H15ClFNO4/c1-3-16-13(18)8(2)20-12(17)7-19-11-5-4-9(15)6-10(11)14/h4-6,8H,3,7H2,1-2H3,(H,16,18)/t8-/m0/s1. The van der Waals surface area contributed by atoms with Crippen LogP contribution in [0.5, 0.6) is 5.75 Å². The summed E-state index contributed by atoms with van der Waals surface area (Å²) in [5.41, 5.74) is 0. The van der Waals surface area contributed by atoms with Crippen molar-refractivity contribution < 1.29 is 23.5 Å².